The van der Waals surface area contributed by atoms with Gasteiger partial charge < -0.3 is 19.5 Å². The normalized spacial score (nSPS) is 20.2. The highest BCUT2D eigenvalue weighted by molar-refractivity contribution is 14.1. The van der Waals surface area contributed by atoms with E-state index in [2.05, 4.69) is 27.9 Å². The van der Waals surface area contributed by atoms with Crippen molar-refractivity contribution in [2.45, 2.75) is 57.8 Å². The maximum absolute atomic E-state index is 11.7. The standard InChI is InChI=1S/C14H26INO4/c1-13(2,3)20-12(17)16-10-14(4,9-15)19-11-5-7-18-8-6-11/h11H,5-10H2,1-4H3,(H,16,17). The molecule has 1 atom stereocenters. The molecule has 6 heteroatoms. The first-order chi connectivity index (χ1) is 9.24. The summed E-state index contributed by atoms with van der Waals surface area (Å²) < 4.78 is 17.5. The summed E-state index contributed by atoms with van der Waals surface area (Å²) in [5.74, 6) is 0. The molecule has 1 N–H and O–H groups in total. The van der Waals surface area contributed by atoms with Crippen LogP contribution in [-0.4, -0.2) is 47.6 Å². The largest absolute Gasteiger partial charge is 0.444 e. The Bertz CT molecular complexity index is 313. The third-order valence-electron chi connectivity index (χ3n) is 2.91. The van der Waals surface area contributed by atoms with Crippen LogP contribution in [0.25, 0.3) is 0 Å². The highest BCUT2D eigenvalue weighted by Crippen LogP contribution is 2.21. The van der Waals surface area contributed by atoms with Crippen molar-refractivity contribution in [3.63, 3.8) is 0 Å². The van der Waals surface area contributed by atoms with Crippen LogP contribution in [0.4, 0.5) is 4.79 Å². The Hall–Kier alpha value is -0.0800. The van der Waals surface area contributed by atoms with Crippen LogP contribution < -0.4 is 5.32 Å². The van der Waals surface area contributed by atoms with Crippen LogP contribution in [0.3, 0.4) is 0 Å². The summed E-state index contributed by atoms with van der Waals surface area (Å²) in [5, 5.41) is 2.80. The van der Waals surface area contributed by atoms with Crippen molar-refractivity contribution in [2.24, 2.45) is 0 Å². The number of alkyl halides is 1. The molecule has 0 aromatic heterocycles. The van der Waals surface area contributed by atoms with Gasteiger partial charge in [0.25, 0.3) is 0 Å². The van der Waals surface area contributed by atoms with E-state index in [-0.39, 0.29) is 11.7 Å². The molecule has 1 unspecified atom stereocenters. The van der Waals surface area contributed by atoms with Gasteiger partial charge in [-0.2, -0.15) is 0 Å². The lowest BCUT2D eigenvalue weighted by Gasteiger charge is -2.34. The van der Waals surface area contributed by atoms with E-state index >= 15 is 0 Å². The van der Waals surface area contributed by atoms with Crippen molar-refractivity contribution < 1.29 is 19.0 Å². The average Bonchev–Trinajstić information content (AvgIpc) is 2.36. The van der Waals surface area contributed by atoms with Gasteiger partial charge in [0.05, 0.1) is 18.2 Å². The predicted octanol–water partition coefficient (Wildman–Crippen LogP) is 2.90. The van der Waals surface area contributed by atoms with Gasteiger partial charge in [-0.05, 0) is 40.5 Å². The third kappa shape index (κ3) is 7.08. The molecular formula is C14H26INO4. The smallest absolute Gasteiger partial charge is 0.407 e. The number of carbonyl (C=O) groups is 1. The molecule has 20 heavy (non-hydrogen) atoms. The SMILES string of the molecule is CC(C)(C)OC(=O)NCC(C)(CI)OC1CCOCC1. The molecular weight excluding hydrogens is 373 g/mol. The van der Waals surface area contributed by atoms with Crippen LogP contribution in [0, 0.1) is 0 Å². The summed E-state index contributed by atoms with van der Waals surface area (Å²) in [6.07, 6.45) is 1.64. The topological polar surface area (TPSA) is 56.8 Å². The van der Waals surface area contributed by atoms with Gasteiger partial charge in [0.2, 0.25) is 0 Å². The number of alkyl carbamates (subject to hydrolysis) is 1. The zero-order chi connectivity index (χ0) is 15.2. The fourth-order valence-electron chi connectivity index (χ4n) is 1.89. The lowest BCUT2D eigenvalue weighted by Crippen LogP contribution is -2.48. The number of nitrogens with one attached hydrogen (secondary N) is 1. The first kappa shape index (κ1) is 18.0. The molecule has 1 fully saturated rings. The Morgan fingerprint density at radius 3 is 2.40 bits per heavy atom. The van der Waals surface area contributed by atoms with Gasteiger partial charge in [-0.15, -0.1) is 0 Å². The molecule has 1 aliphatic rings. The van der Waals surface area contributed by atoms with E-state index in [1.807, 2.05) is 27.7 Å². The zero-order valence-corrected chi connectivity index (χ0v) is 15.0. The number of halogens is 1. The first-order valence-corrected chi connectivity index (χ1v) is 8.55. The molecule has 5 nitrogen and oxygen atoms in total. The summed E-state index contributed by atoms with van der Waals surface area (Å²) >= 11 is 2.29. The fourth-order valence-corrected chi connectivity index (χ4v) is 2.34. The van der Waals surface area contributed by atoms with Crippen LogP contribution in [0.1, 0.15) is 40.5 Å². The Morgan fingerprint density at radius 2 is 1.90 bits per heavy atom. The van der Waals surface area contributed by atoms with Gasteiger partial charge >= 0.3 is 6.09 Å². The van der Waals surface area contributed by atoms with Crippen LogP contribution in [-0.2, 0) is 14.2 Å². The van der Waals surface area contributed by atoms with Crippen LogP contribution >= 0.6 is 22.6 Å². The molecule has 0 aliphatic carbocycles. The Balaban J connectivity index is 2.41. The molecule has 1 amide bonds. The monoisotopic (exact) mass is 399 g/mol. The number of carbonyl (C=O) groups excluding carboxylic acids is 1. The average molecular weight is 399 g/mol. The maximum Gasteiger partial charge on any atom is 0.407 e. The van der Waals surface area contributed by atoms with E-state index < -0.39 is 11.7 Å². The van der Waals surface area contributed by atoms with Crippen molar-refractivity contribution in [1.82, 2.24) is 5.32 Å². The summed E-state index contributed by atoms with van der Waals surface area (Å²) in [5.41, 5.74) is -0.855. The minimum atomic E-state index is -0.480. The van der Waals surface area contributed by atoms with Crippen LogP contribution in [0.2, 0.25) is 0 Å². The second kappa shape index (κ2) is 7.79. The van der Waals surface area contributed by atoms with E-state index in [0.29, 0.717) is 6.54 Å². The lowest BCUT2D eigenvalue weighted by atomic mass is 10.1. The number of rotatable bonds is 5. The molecule has 1 saturated heterocycles. The molecule has 1 heterocycles. The van der Waals surface area contributed by atoms with Crippen LogP contribution in [0.5, 0.6) is 0 Å². The quantitative estimate of drug-likeness (QED) is 0.571. The predicted molar refractivity (Wildman–Crippen MR) is 86.5 cm³/mol. The van der Waals surface area contributed by atoms with Crippen LogP contribution in [0.15, 0.2) is 0 Å². The second-order valence-electron chi connectivity index (χ2n) is 6.37. The second-order valence-corrected chi connectivity index (χ2v) is 7.13. The van der Waals surface area contributed by atoms with Crippen molar-refractivity contribution >= 4 is 28.7 Å². The van der Waals surface area contributed by atoms with Gasteiger partial charge in [0, 0.05) is 17.6 Å². The lowest BCUT2D eigenvalue weighted by molar-refractivity contribution is -0.104. The zero-order valence-electron chi connectivity index (χ0n) is 12.8. The van der Waals surface area contributed by atoms with Gasteiger partial charge in [0.15, 0.2) is 0 Å². The summed E-state index contributed by atoms with van der Waals surface area (Å²) in [6.45, 7) is 9.52. The molecule has 1 rings (SSSR count). The molecule has 0 radical (unpaired) electrons. The molecule has 0 aromatic rings. The van der Waals surface area contributed by atoms with Gasteiger partial charge in [-0.25, -0.2) is 4.79 Å². The summed E-state index contributed by atoms with van der Waals surface area (Å²) in [6, 6.07) is 0. The summed E-state index contributed by atoms with van der Waals surface area (Å²) in [4.78, 5) is 11.7. The van der Waals surface area contributed by atoms with Gasteiger partial charge in [-0.1, -0.05) is 22.6 Å². The minimum absolute atomic E-state index is 0.212. The Kier molecular flexibility index (Phi) is 7.00. The molecule has 118 valence electrons. The molecule has 1 aliphatic heterocycles. The molecule has 0 aromatic carbocycles. The number of ether oxygens (including phenoxy) is 3. The van der Waals surface area contributed by atoms with Crippen molar-refractivity contribution in [3.05, 3.63) is 0 Å². The first-order valence-electron chi connectivity index (χ1n) is 7.02. The van der Waals surface area contributed by atoms with E-state index in [0.717, 1.165) is 30.5 Å². The highest BCUT2D eigenvalue weighted by atomic mass is 127. The molecule has 0 bridgehead atoms. The van der Waals surface area contributed by atoms with Gasteiger partial charge in [-0.3, -0.25) is 0 Å². The van der Waals surface area contributed by atoms with E-state index in [1.54, 1.807) is 0 Å². The van der Waals surface area contributed by atoms with E-state index in [4.69, 9.17) is 14.2 Å². The van der Waals surface area contributed by atoms with Crippen molar-refractivity contribution in [3.8, 4) is 0 Å². The van der Waals surface area contributed by atoms with Crippen molar-refractivity contribution in [2.75, 3.05) is 24.2 Å². The van der Waals surface area contributed by atoms with Gasteiger partial charge in [0.1, 0.15) is 5.60 Å². The Morgan fingerprint density at radius 1 is 1.30 bits per heavy atom. The highest BCUT2D eigenvalue weighted by Gasteiger charge is 2.30. The molecule has 0 spiro atoms. The number of hydrogen-bond acceptors (Lipinski definition) is 4. The maximum atomic E-state index is 11.7. The number of hydrogen-bond donors (Lipinski definition) is 1. The Labute approximate surface area is 135 Å². The fraction of sp³-hybridized carbons (Fsp3) is 0.929. The number of amides is 1. The minimum Gasteiger partial charge on any atom is -0.444 e. The van der Waals surface area contributed by atoms with E-state index in [1.165, 1.54) is 0 Å². The van der Waals surface area contributed by atoms with E-state index in [9.17, 15) is 4.79 Å². The third-order valence-corrected chi connectivity index (χ3v) is 4.52. The van der Waals surface area contributed by atoms with Crippen molar-refractivity contribution in [1.29, 1.82) is 0 Å². The summed E-state index contributed by atoms with van der Waals surface area (Å²) in [7, 11) is 0. The molecule has 0 saturated carbocycles.